The van der Waals surface area contributed by atoms with Crippen LogP contribution in [0.2, 0.25) is 0 Å². The highest BCUT2D eigenvalue weighted by Crippen LogP contribution is 2.44. The second-order valence-electron chi connectivity index (χ2n) is 8.70. The van der Waals surface area contributed by atoms with Gasteiger partial charge in [0, 0.05) is 12.5 Å². The Hall–Kier alpha value is -3.39. The van der Waals surface area contributed by atoms with Crippen LogP contribution in [0.4, 0.5) is 4.79 Å². The molecule has 0 spiro atoms. The van der Waals surface area contributed by atoms with Crippen molar-refractivity contribution in [2.24, 2.45) is 0 Å². The molecule has 8 heteroatoms. The summed E-state index contributed by atoms with van der Waals surface area (Å²) in [5, 5.41) is 14.6. The Balaban J connectivity index is 1.35. The van der Waals surface area contributed by atoms with Gasteiger partial charge in [0.2, 0.25) is 0 Å². The molecule has 4 rings (SSSR count). The highest BCUT2D eigenvalue weighted by molar-refractivity contribution is 5.87. The molecule has 1 heterocycles. The normalized spacial score (nSPS) is 19.7. The van der Waals surface area contributed by atoms with Crippen molar-refractivity contribution >= 4 is 18.0 Å². The van der Waals surface area contributed by atoms with Crippen molar-refractivity contribution in [3.05, 3.63) is 59.7 Å². The second-order valence-corrected chi connectivity index (χ2v) is 8.70. The van der Waals surface area contributed by atoms with Crippen molar-refractivity contribution in [1.29, 1.82) is 0 Å². The predicted octanol–water partition coefficient (Wildman–Crippen LogP) is 3.44. The predicted molar refractivity (Wildman–Crippen MR) is 125 cm³/mol. The van der Waals surface area contributed by atoms with Crippen molar-refractivity contribution in [2.45, 2.75) is 56.7 Å². The summed E-state index contributed by atoms with van der Waals surface area (Å²) in [5.74, 6) is -1.68. The van der Waals surface area contributed by atoms with Crippen LogP contribution in [0.5, 0.6) is 0 Å². The van der Waals surface area contributed by atoms with E-state index in [1.807, 2.05) is 43.3 Å². The lowest BCUT2D eigenvalue weighted by atomic mass is 9.98. The molecule has 2 aromatic rings. The van der Waals surface area contributed by atoms with E-state index in [2.05, 4.69) is 22.8 Å². The van der Waals surface area contributed by atoms with Crippen LogP contribution in [0.1, 0.15) is 49.7 Å². The van der Waals surface area contributed by atoms with Crippen LogP contribution in [0, 0.1) is 0 Å². The summed E-state index contributed by atoms with van der Waals surface area (Å²) >= 11 is 0. The Morgan fingerprint density at radius 2 is 1.74 bits per heavy atom. The summed E-state index contributed by atoms with van der Waals surface area (Å²) in [4.78, 5) is 36.7. The van der Waals surface area contributed by atoms with Crippen LogP contribution in [-0.2, 0) is 19.1 Å². The number of aliphatic carboxylic acids is 1. The Morgan fingerprint density at radius 3 is 2.35 bits per heavy atom. The van der Waals surface area contributed by atoms with Crippen molar-refractivity contribution in [1.82, 2.24) is 10.6 Å². The maximum atomic E-state index is 12.7. The van der Waals surface area contributed by atoms with E-state index >= 15 is 0 Å². The Morgan fingerprint density at radius 1 is 1.09 bits per heavy atom. The van der Waals surface area contributed by atoms with Crippen molar-refractivity contribution in [3.63, 3.8) is 0 Å². The molecule has 2 amide bonds. The molecule has 3 atom stereocenters. The molecule has 3 N–H and O–H groups in total. The summed E-state index contributed by atoms with van der Waals surface area (Å²) in [5.41, 5.74) is 4.52. The second kappa shape index (κ2) is 10.7. The minimum Gasteiger partial charge on any atom is -0.480 e. The lowest BCUT2D eigenvalue weighted by Crippen LogP contribution is -2.52. The van der Waals surface area contributed by atoms with Gasteiger partial charge < -0.3 is 25.2 Å². The molecule has 1 aliphatic carbocycles. The molecule has 1 saturated heterocycles. The summed E-state index contributed by atoms with van der Waals surface area (Å²) < 4.78 is 11.1. The Labute approximate surface area is 198 Å². The number of hydrogen-bond acceptors (Lipinski definition) is 5. The SMILES string of the molecule is CCCCC(NC(=O)[C@@H]1OCC[C@@H]1NC(=O)OCC1c2ccccc2-c2ccccc21)C(=O)O. The van der Waals surface area contributed by atoms with Gasteiger partial charge in [-0.05, 0) is 35.1 Å². The molecule has 0 bridgehead atoms. The first-order chi connectivity index (χ1) is 16.5. The topological polar surface area (TPSA) is 114 Å². The minimum atomic E-state index is -1.08. The molecule has 0 saturated carbocycles. The third-order valence-corrected chi connectivity index (χ3v) is 6.46. The molecule has 8 nitrogen and oxygen atoms in total. The van der Waals surface area contributed by atoms with Crippen molar-refractivity contribution in [3.8, 4) is 11.1 Å². The molecule has 180 valence electrons. The highest BCUT2D eigenvalue weighted by atomic mass is 16.6. The zero-order valence-corrected chi connectivity index (χ0v) is 19.2. The molecular formula is C26H30N2O6. The van der Waals surface area contributed by atoms with Gasteiger partial charge in [0.15, 0.2) is 6.10 Å². The quantitative estimate of drug-likeness (QED) is 0.522. The fourth-order valence-corrected chi connectivity index (χ4v) is 4.71. The van der Waals surface area contributed by atoms with Gasteiger partial charge in [0.05, 0.1) is 6.04 Å². The molecule has 1 fully saturated rings. The van der Waals surface area contributed by atoms with E-state index in [4.69, 9.17) is 9.47 Å². The number of unbranched alkanes of at least 4 members (excludes halogenated alkanes) is 1. The van der Waals surface area contributed by atoms with Crippen LogP contribution < -0.4 is 10.6 Å². The lowest BCUT2D eigenvalue weighted by molar-refractivity contribution is -0.144. The van der Waals surface area contributed by atoms with E-state index in [-0.39, 0.29) is 12.5 Å². The number of carboxylic acid groups (broad SMARTS) is 1. The van der Waals surface area contributed by atoms with Gasteiger partial charge in [-0.3, -0.25) is 4.79 Å². The van der Waals surface area contributed by atoms with Gasteiger partial charge >= 0.3 is 12.1 Å². The van der Waals surface area contributed by atoms with E-state index in [1.165, 1.54) is 0 Å². The standard InChI is InChI=1S/C26H30N2O6/c1-2-3-12-22(25(30)31)27-24(29)23-21(13-14-33-23)28-26(32)34-15-20-18-10-6-4-8-16(18)17-9-5-7-11-19(17)20/h4-11,20-23H,2-3,12-15H2,1H3,(H,27,29)(H,28,32)(H,30,31)/t21-,22?,23+/m0/s1. The number of hydrogen-bond donors (Lipinski definition) is 3. The molecule has 2 aromatic carbocycles. The summed E-state index contributed by atoms with van der Waals surface area (Å²) in [7, 11) is 0. The smallest absolute Gasteiger partial charge is 0.407 e. The van der Waals surface area contributed by atoms with Crippen LogP contribution in [0.25, 0.3) is 11.1 Å². The average Bonchev–Trinajstić information content (AvgIpc) is 3.42. The fourth-order valence-electron chi connectivity index (χ4n) is 4.71. The fraction of sp³-hybridized carbons (Fsp3) is 0.423. The number of carboxylic acids is 1. The maximum absolute atomic E-state index is 12.7. The summed E-state index contributed by atoms with van der Waals surface area (Å²) in [6.45, 7) is 2.41. The molecule has 1 aliphatic heterocycles. The Kier molecular flexibility index (Phi) is 7.47. The number of nitrogens with one attached hydrogen (secondary N) is 2. The highest BCUT2D eigenvalue weighted by Gasteiger charge is 2.37. The number of alkyl carbamates (subject to hydrolysis) is 1. The molecule has 1 unspecified atom stereocenters. The van der Waals surface area contributed by atoms with E-state index in [9.17, 15) is 19.5 Å². The van der Waals surface area contributed by atoms with Crippen LogP contribution in [-0.4, -0.2) is 54.5 Å². The minimum absolute atomic E-state index is 0.0630. The van der Waals surface area contributed by atoms with Crippen LogP contribution in [0.3, 0.4) is 0 Å². The third kappa shape index (κ3) is 5.07. The van der Waals surface area contributed by atoms with Crippen molar-refractivity contribution < 1.29 is 29.0 Å². The number of fused-ring (bicyclic) bond motifs is 3. The van der Waals surface area contributed by atoms with Gasteiger partial charge in [-0.25, -0.2) is 9.59 Å². The number of benzene rings is 2. The van der Waals surface area contributed by atoms with E-state index in [1.54, 1.807) is 0 Å². The van der Waals surface area contributed by atoms with E-state index in [0.717, 1.165) is 28.7 Å². The van der Waals surface area contributed by atoms with Crippen molar-refractivity contribution in [2.75, 3.05) is 13.2 Å². The van der Waals surface area contributed by atoms with Gasteiger partial charge in [0.1, 0.15) is 12.6 Å². The monoisotopic (exact) mass is 466 g/mol. The number of carbonyl (C=O) groups excluding carboxylic acids is 2. The summed E-state index contributed by atoms with van der Waals surface area (Å²) in [6.07, 6.45) is 0.708. The first-order valence-electron chi connectivity index (χ1n) is 11.8. The van der Waals surface area contributed by atoms with Gasteiger partial charge in [-0.1, -0.05) is 68.3 Å². The number of carbonyl (C=O) groups is 3. The van der Waals surface area contributed by atoms with Crippen LogP contribution >= 0.6 is 0 Å². The Bertz CT molecular complexity index is 1010. The number of rotatable bonds is 9. The number of ether oxygens (including phenoxy) is 2. The van der Waals surface area contributed by atoms with Gasteiger partial charge in [-0.2, -0.15) is 0 Å². The summed E-state index contributed by atoms with van der Waals surface area (Å²) in [6, 6.07) is 14.6. The zero-order valence-electron chi connectivity index (χ0n) is 19.2. The van der Waals surface area contributed by atoms with Crippen LogP contribution in [0.15, 0.2) is 48.5 Å². The molecule has 0 aromatic heterocycles. The molecular weight excluding hydrogens is 436 g/mol. The maximum Gasteiger partial charge on any atom is 0.407 e. The lowest BCUT2D eigenvalue weighted by Gasteiger charge is -2.22. The van der Waals surface area contributed by atoms with Gasteiger partial charge in [-0.15, -0.1) is 0 Å². The largest absolute Gasteiger partial charge is 0.480 e. The average molecular weight is 467 g/mol. The van der Waals surface area contributed by atoms with E-state index < -0.39 is 36.2 Å². The molecule has 0 radical (unpaired) electrons. The van der Waals surface area contributed by atoms with Gasteiger partial charge in [0.25, 0.3) is 5.91 Å². The molecule has 34 heavy (non-hydrogen) atoms. The first kappa shape index (κ1) is 23.8. The zero-order chi connectivity index (χ0) is 24.1. The third-order valence-electron chi connectivity index (χ3n) is 6.46. The first-order valence-corrected chi connectivity index (χ1v) is 11.8. The number of amides is 2. The van der Waals surface area contributed by atoms with E-state index in [0.29, 0.717) is 25.9 Å². The molecule has 2 aliphatic rings.